The Morgan fingerprint density at radius 1 is 1.33 bits per heavy atom. The number of ether oxygens (including phenoxy) is 1. The van der Waals surface area contributed by atoms with Gasteiger partial charge in [-0.3, -0.25) is 4.79 Å². The second-order valence-corrected chi connectivity index (χ2v) is 5.17. The lowest BCUT2D eigenvalue weighted by molar-refractivity contribution is 0.102. The molecule has 21 heavy (non-hydrogen) atoms. The molecule has 0 radical (unpaired) electrons. The quantitative estimate of drug-likeness (QED) is 0.866. The average molecular weight is 350 g/mol. The van der Waals surface area contributed by atoms with Crippen molar-refractivity contribution in [2.45, 2.75) is 6.92 Å². The Balaban J connectivity index is 2.21. The second-order valence-electron chi connectivity index (χ2n) is 4.26. The molecule has 2 rings (SSSR count). The summed E-state index contributed by atoms with van der Waals surface area (Å²) < 4.78 is 6.10. The fourth-order valence-electron chi connectivity index (χ4n) is 1.82. The Bertz CT molecular complexity index is 647. The molecule has 0 saturated heterocycles. The van der Waals surface area contributed by atoms with Crippen molar-refractivity contribution in [3.8, 4) is 5.75 Å². The van der Waals surface area contributed by atoms with Crippen LogP contribution in [0.15, 0.2) is 41.0 Å². The molecule has 1 aromatic carbocycles. The van der Waals surface area contributed by atoms with Crippen molar-refractivity contribution in [1.82, 2.24) is 4.98 Å². The van der Waals surface area contributed by atoms with E-state index in [1.165, 1.54) is 0 Å². The van der Waals surface area contributed by atoms with E-state index in [2.05, 4.69) is 31.5 Å². The molecule has 0 spiro atoms. The Morgan fingerprint density at radius 2 is 2.14 bits per heavy atom. The summed E-state index contributed by atoms with van der Waals surface area (Å²) in [5, 5.41) is 5.91. The van der Waals surface area contributed by atoms with Gasteiger partial charge in [-0.15, -0.1) is 0 Å². The lowest BCUT2D eigenvalue weighted by atomic mass is 10.2. The van der Waals surface area contributed by atoms with Crippen LogP contribution in [0.25, 0.3) is 0 Å². The van der Waals surface area contributed by atoms with Crippen molar-refractivity contribution in [2.75, 3.05) is 24.3 Å². The van der Waals surface area contributed by atoms with E-state index >= 15 is 0 Å². The zero-order valence-corrected chi connectivity index (χ0v) is 13.4. The van der Waals surface area contributed by atoms with Gasteiger partial charge in [-0.2, -0.15) is 0 Å². The van der Waals surface area contributed by atoms with Crippen molar-refractivity contribution < 1.29 is 9.53 Å². The molecule has 6 heteroatoms. The van der Waals surface area contributed by atoms with E-state index in [4.69, 9.17) is 4.74 Å². The minimum atomic E-state index is -0.215. The fourth-order valence-corrected chi connectivity index (χ4v) is 2.18. The number of nitrogens with one attached hydrogen (secondary N) is 2. The fraction of sp³-hybridized carbons (Fsp3) is 0.200. The third-order valence-electron chi connectivity index (χ3n) is 2.79. The molecule has 110 valence electrons. The van der Waals surface area contributed by atoms with Crippen LogP contribution in [0.4, 0.5) is 11.5 Å². The second kappa shape index (κ2) is 7.08. The van der Waals surface area contributed by atoms with Crippen LogP contribution in [-0.2, 0) is 0 Å². The maximum absolute atomic E-state index is 12.3. The summed E-state index contributed by atoms with van der Waals surface area (Å²) in [5.74, 6) is 1.06. The largest absolute Gasteiger partial charge is 0.495 e. The van der Waals surface area contributed by atoms with Crippen molar-refractivity contribution >= 4 is 33.3 Å². The van der Waals surface area contributed by atoms with Gasteiger partial charge in [0.05, 0.1) is 12.8 Å². The number of halogens is 1. The van der Waals surface area contributed by atoms with Crippen molar-refractivity contribution in [2.24, 2.45) is 0 Å². The SMILES string of the molecule is CCNc1cc(C(=O)Nc2cc(Br)ccc2OC)ccn1. The van der Waals surface area contributed by atoms with Crippen LogP contribution >= 0.6 is 15.9 Å². The van der Waals surface area contributed by atoms with Crippen LogP contribution in [0.3, 0.4) is 0 Å². The number of carbonyl (C=O) groups is 1. The normalized spacial score (nSPS) is 10.0. The molecule has 0 fully saturated rings. The van der Waals surface area contributed by atoms with Gasteiger partial charge < -0.3 is 15.4 Å². The minimum absolute atomic E-state index is 0.215. The number of carbonyl (C=O) groups excluding carboxylic acids is 1. The first-order valence-electron chi connectivity index (χ1n) is 6.49. The van der Waals surface area contributed by atoms with E-state index in [0.29, 0.717) is 22.8 Å². The highest BCUT2D eigenvalue weighted by Crippen LogP contribution is 2.28. The van der Waals surface area contributed by atoms with Crippen LogP contribution in [0.1, 0.15) is 17.3 Å². The molecule has 0 aliphatic carbocycles. The average Bonchev–Trinajstić information content (AvgIpc) is 2.48. The topological polar surface area (TPSA) is 63.2 Å². The molecule has 0 aliphatic heterocycles. The molecule has 0 saturated carbocycles. The Hall–Kier alpha value is -2.08. The van der Waals surface area contributed by atoms with Gasteiger partial charge in [-0.1, -0.05) is 15.9 Å². The Morgan fingerprint density at radius 3 is 2.86 bits per heavy atom. The van der Waals surface area contributed by atoms with Crippen molar-refractivity contribution in [3.05, 3.63) is 46.6 Å². The third-order valence-corrected chi connectivity index (χ3v) is 3.28. The molecule has 5 nitrogen and oxygen atoms in total. The highest BCUT2D eigenvalue weighted by atomic mass is 79.9. The zero-order chi connectivity index (χ0) is 15.2. The van der Waals surface area contributed by atoms with Gasteiger partial charge in [0.15, 0.2) is 0 Å². The highest BCUT2D eigenvalue weighted by Gasteiger charge is 2.11. The first kappa shape index (κ1) is 15.3. The summed E-state index contributed by atoms with van der Waals surface area (Å²) in [5.41, 5.74) is 1.14. The maximum atomic E-state index is 12.3. The summed E-state index contributed by atoms with van der Waals surface area (Å²) in [6.07, 6.45) is 1.60. The molecule has 1 amide bonds. The standard InChI is InChI=1S/C15H16BrN3O2/c1-3-17-14-8-10(6-7-18-14)15(20)19-12-9-11(16)4-5-13(12)21-2/h4-9H,3H2,1-2H3,(H,17,18)(H,19,20). The number of amides is 1. The Labute approximate surface area is 131 Å². The van der Waals surface area contributed by atoms with Gasteiger partial charge in [0.25, 0.3) is 5.91 Å². The van der Waals surface area contributed by atoms with Gasteiger partial charge in [-0.05, 0) is 37.3 Å². The van der Waals surface area contributed by atoms with Gasteiger partial charge in [0.1, 0.15) is 11.6 Å². The predicted octanol–water partition coefficient (Wildman–Crippen LogP) is 3.54. The number of anilines is 2. The number of aromatic nitrogens is 1. The van der Waals surface area contributed by atoms with Crippen LogP contribution in [0.5, 0.6) is 5.75 Å². The van der Waals surface area contributed by atoms with Crippen LogP contribution in [0.2, 0.25) is 0 Å². The number of hydrogen-bond acceptors (Lipinski definition) is 4. The van der Waals surface area contributed by atoms with E-state index in [-0.39, 0.29) is 5.91 Å². The number of rotatable bonds is 5. The number of pyridine rings is 1. The molecular formula is C15H16BrN3O2. The molecule has 1 heterocycles. The van der Waals surface area contributed by atoms with E-state index in [0.717, 1.165) is 11.0 Å². The zero-order valence-electron chi connectivity index (χ0n) is 11.8. The number of methoxy groups -OCH3 is 1. The van der Waals surface area contributed by atoms with E-state index in [1.54, 1.807) is 37.6 Å². The molecule has 0 atom stereocenters. The van der Waals surface area contributed by atoms with E-state index in [9.17, 15) is 4.79 Å². The first-order chi connectivity index (χ1) is 10.1. The predicted molar refractivity (Wildman–Crippen MR) is 87.0 cm³/mol. The molecular weight excluding hydrogens is 334 g/mol. The van der Waals surface area contributed by atoms with Crippen molar-refractivity contribution in [3.63, 3.8) is 0 Å². The molecule has 1 aromatic heterocycles. The lowest BCUT2D eigenvalue weighted by Crippen LogP contribution is -2.13. The molecule has 2 N–H and O–H groups in total. The molecule has 0 aliphatic rings. The van der Waals surface area contributed by atoms with Gasteiger partial charge in [0.2, 0.25) is 0 Å². The smallest absolute Gasteiger partial charge is 0.255 e. The Kier molecular flexibility index (Phi) is 5.16. The molecule has 0 bridgehead atoms. The van der Waals surface area contributed by atoms with Crippen LogP contribution < -0.4 is 15.4 Å². The summed E-state index contributed by atoms with van der Waals surface area (Å²) in [6.45, 7) is 2.72. The van der Waals surface area contributed by atoms with Crippen LogP contribution in [-0.4, -0.2) is 24.5 Å². The maximum Gasteiger partial charge on any atom is 0.255 e. The monoisotopic (exact) mass is 349 g/mol. The van der Waals surface area contributed by atoms with Crippen LogP contribution in [0, 0.1) is 0 Å². The molecule has 0 unspecified atom stereocenters. The lowest BCUT2D eigenvalue weighted by Gasteiger charge is -2.11. The van der Waals surface area contributed by atoms with Gasteiger partial charge >= 0.3 is 0 Å². The van der Waals surface area contributed by atoms with E-state index < -0.39 is 0 Å². The minimum Gasteiger partial charge on any atom is -0.495 e. The van der Waals surface area contributed by atoms with Crippen molar-refractivity contribution in [1.29, 1.82) is 0 Å². The van der Waals surface area contributed by atoms with Gasteiger partial charge in [0, 0.05) is 22.8 Å². The third kappa shape index (κ3) is 3.95. The summed E-state index contributed by atoms with van der Waals surface area (Å²) in [6, 6.07) is 8.81. The summed E-state index contributed by atoms with van der Waals surface area (Å²) in [4.78, 5) is 16.5. The number of hydrogen-bond donors (Lipinski definition) is 2. The van der Waals surface area contributed by atoms with E-state index in [1.807, 2.05) is 13.0 Å². The number of nitrogens with zero attached hydrogens (tertiary/aromatic N) is 1. The summed E-state index contributed by atoms with van der Waals surface area (Å²) in [7, 11) is 1.56. The number of benzene rings is 1. The highest BCUT2D eigenvalue weighted by molar-refractivity contribution is 9.10. The first-order valence-corrected chi connectivity index (χ1v) is 7.28. The summed E-state index contributed by atoms with van der Waals surface area (Å²) >= 11 is 3.38. The molecule has 2 aromatic rings. The van der Waals surface area contributed by atoms with Gasteiger partial charge in [-0.25, -0.2) is 4.98 Å².